The van der Waals surface area contributed by atoms with E-state index in [4.69, 9.17) is 4.74 Å². The molecule has 0 amide bonds. The number of benzene rings is 1. The molecule has 4 rings (SSSR count). The summed E-state index contributed by atoms with van der Waals surface area (Å²) in [5.74, 6) is 0. The van der Waals surface area contributed by atoms with E-state index in [2.05, 4.69) is 41.4 Å². The second kappa shape index (κ2) is 3.82. The molecule has 1 atom stereocenters. The summed E-state index contributed by atoms with van der Waals surface area (Å²) in [6.45, 7) is 0. The van der Waals surface area contributed by atoms with E-state index in [9.17, 15) is 0 Å². The fraction of sp³-hybridized carbons (Fsp3) is 0.118. The number of nitrogens with zero attached hydrogens (tertiary/aromatic N) is 1. The Balaban J connectivity index is 2.08. The predicted octanol–water partition coefficient (Wildman–Crippen LogP) is 3.64. The number of allylic oxidation sites excluding steroid dienone is 3. The van der Waals surface area contributed by atoms with E-state index in [0.29, 0.717) is 0 Å². The van der Waals surface area contributed by atoms with Crippen molar-refractivity contribution in [3.8, 4) is 0 Å². The lowest BCUT2D eigenvalue weighted by Crippen LogP contribution is -2.29. The topological polar surface area (TPSA) is 22.1 Å². The van der Waals surface area contributed by atoms with Crippen molar-refractivity contribution < 1.29 is 4.74 Å². The van der Waals surface area contributed by atoms with Crippen molar-refractivity contribution in [3.05, 3.63) is 78.4 Å². The van der Waals surface area contributed by atoms with Crippen LogP contribution in [0.15, 0.2) is 67.1 Å². The van der Waals surface area contributed by atoms with Crippen molar-refractivity contribution >= 4 is 10.8 Å². The fourth-order valence-electron chi connectivity index (χ4n) is 2.90. The normalized spacial score (nSPS) is 23.6. The summed E-state index contributed by atoms with van der Waals surface area (Å²) < 4.78 is 5.95. The number of pyridine rings is 1. The van der Waals surface area contributed by atoms with Crippen LogP contribution in [0, 0.1) is 0 Å². The Hall–Kier alpha value is -2.35. The van der Waals surface area contributed by atoms with Crippen molar-refractivity contribution in [3.63, 3.8) is 0 Å². The molecule has 0 radical (unpaired) electrons. The largest absolute Gasteiger partial charge is 0.482 e. The first-order chi connectivity index (χ1) is 9.39. The monoisotopic (exact) mass is 247 g/mol. The van der Waals surface area contributed by atoms with Gasteiger partial charge in [-0.05, 0) is 23.6 Å². The first kappa shape index (κ1) is 10.6. The molecule has 1 aromatic heterocycles. The summed E-state index contributed by atoms with van der Waals surface area (Å²) in [6, 6.07) is 8.35. The second-order valence-corrected chi connectivity index (χ2v) is 4.87. The van der Waals surface area contributed by atoms with Gasteiger partial charge in [-0.1, -0.05) is 36.4 Å². The van der Waals surface area contributed by atoms with E-state index in [1.54, 1.807) is 6.26 Å². The van der Waals surface area contributed by atoms with Gasteiger partial charge in [0.1, 0.15) is 0 Å². The van der Waals surface area contributed by atoms with Gasteiger partial charge in [-0.15, -0.1) is 0 Å². The molecule has 0 bridgehead atoms. The molecule has 2 heteroatoms. The average Bonchev–Trinajstić information content (AvgIpc) is 2.48. The fourth-order valence-corrected chi connectivity index (χ4v) is 2.90. The minimum absolute atomic E-state index is 0.490. The Labute approximate surface area is 111 Å². The zero-order chi connectivity index (χ0) is 12.7. The highest BCUT2D eigenvalue weighted by molar-refractivity contribution is 5.87. The van der Waals surface area contributed by atoms with E-state index >= 15 is 0 Å². The van der Waals surface area contributed by atoms with Crippen LogP contribution in [0.4, 0.5) is 0 Å². The number of ether oxygens (including phenoxy) is 1. The van der Waals surface area contributed by atoms with Crippen molar-refractivity contribution in [1.82, 2.24) is 4.98 Å². The van der Waals surface area contributed by atoms with Crippen molar-refractivity contribution in [2.24, 2.45) is 0 Å². The summed E-state index contributed by atoms with van der Waals surface area (Å²) in [4.78, 5) is 4.61. The molecule has 1 unspecified atom stereocenters. The SMILES string of the molecule is C1=COC2(C=C1)C=CCc1ncc3ccccc3c12. The Bertz CT molecular complexity index is 742. The maximum atomic E-state index is 5.95. The van der Waals surface area contributed by atoms with Crippen molar-refractivity contribution in [2.75, 3.05) is 0 Å². The molecule has 19 heavy (non-hydrogen) atoms. The van der Waals surface area contributed by atoms with Crippen LogP contribution in [-0.4, -0.2) is 4.98 Å². The van der Waals surface area contributed by atoms with Crippen LogP contribution in [0.5, 0.6) is 0 Å². The van der Waals surface area contributed by atoms with Gasteiger partial charge < -0.3 is 4.74 Å². The molecule has 0 fully saturated rings. The molecular formula is C17H13NO. The lowest BCUT2D eigenvalue weighted by molar-refractivity contribution is 0.108. The molecule has 0 N–H and O–H groups in total. The van der Waals surface area contributed by atoms with E-state index in [0.717, 1.165) is 17.5 Å². The zero-order valence-electron chi connectivity index (χ0n) is 10.4. The van der Waals surface area contributed by atoms with Gasteiger partial charge in [0.15, 0.2) is 5.60 Å². The smallest absolute Gasteiger partial charge is 0.172 e. The number of hydrogen-bond donors (Lipinski definition) is 0. The Kier molecular flexibility index (Phi) is 2.12. The van der Waals surface area contributed by atoms with Crippen LogP contribution < -0.4 is 0 Å². The molecule has 2 aromatic rings. The molecule has 1 spiro atoms. The molecule has 1 aliphatic heterocycles. The molecule has 2 nitrogen and oxygen atoms in total. The third-order valence-electron chi connectivity index (χ3n) is 3.74. The van der Waals surface area contributed by atoms with E-state index in [1.165, 1.54) is 10.9 Å². The molecule has 92 valence electrons. The summed E-state index contributed by atoms with van der Waals surface area (Å²) in [5, 5.41) is 2.37. The van der Waals surface area contributed by atoms with E-state index < -0.39 is 5.60 Å². The van der Waals surface area contributed by atoms with Crippen LogP contribution in [0.3, 0.4) is 0 Å². The zero-order valence-corrected chi connectivity index (χ0v) is 10.4. The summed E-state index contributed by atoms with van der Waals surface area (Å²) in [6.07, 6.45) is 14.9. The molecule has 1 aromatic carbocycles. The van der Waals surface area contributed by atoms with Gasteiger partial charge >= 0.3 is 0 Å². The number of aromatic nitrogens is 1. The highest BCUT2D eigenvalue weighted by atomic mass is 16.5. The van der Waals surface area contributed by atoms with Crippen LogP contribution in [0.1, 0.15) is 11.3 Å². The van der Waals surface area contributed by atoms with Crippen LogP contribution >= 0.6 is 0 Å². The van der Waals surface area contributed by atoms with E-state index in [-0.39, 0.29) is 0 Å². The molecule has 1 aliphatic carbocycles. The van der Waals surface area contributed by atoms with Gasteiger partial charge in [-0.3, -0.25) is 4.98 Å². The summed E-state index contributed by atoms with van der Waals surface area (Å²) >= 11 is 0. The van der Waals surface area contributed by atoms with Gasteiger partial charge in [-0.2, -0.15) is 0 Å². The minimum atomic E-state index is -0.490. The average molecular weight is 247 g/mol. The number of fused-ring (bicyclic) bond motifs is 4. The summed E-state index contributed by atoms with van der Waals surface area (Å²) in [5.41, 5.74) is 1.78. The van der Waals surface area contributed by atoms with Crippen LogP contribution in [0.25, 0.3) is 10.8 Å². The van der Waals surface area contributed by atoms with Gasteiger partial charge in [0.2, 0.25) is 0 Å². The van der Waals surface area contributed by atoms with Gasteiger partial charge in [0.25, 0.3) is 0 Å². The third kappa shape index (κ3) is 1.46. The van der Waals surface area contributed by atoms with E-state index in [1.807, 2.05) is 24.4 Å². The predicted molar refractivity (Wildman–Crippen MR) is 75.6 cm³/mol. The van der Waals surface area contributed by atoms with Gasteiger partial charge in [0, 0.05) is 23.6 Å². The highest BCUT2D eigenvalue weighted by Crippen LogP contribution is 2.40. The van der Waals surface area contributed by atoms with Crippen molar-refractivity contribution in [1.29, 1.82) is 0 Å². The quantitative estimate of drug-likeness (QED) is 0.663. The lowest BCUT2D eigenvalue weighted by Gasteiger charge is -2.33. The first-order valence-corrected chi connectivity index (χ1v) is 6.46. The molecule has 2 heterocycles. The van der Waals surface area contributed by atoms with Crippen LogP contribution in [-0.2, 0) is 16.8 Å². The standard InChI is InChI=1S/C17H13NO/c1-2-7-14-13(6-1)12-18-15-8-5-10-17(16(14)15)9-3-4-11-19-17/h1-7,9-12H,8H2. The first-order valence-electron chi connectivity index (χ1n) is 6.46. The Morgan fingerprint density at radius 2 is 2.05 bits per heavy atom. The Morgan fingerprint density at radius 3 is 2.95 bits per heavy atom. The summed E-state index contributed by atoms with van der Waals surface area (Å²) in [7, 11) is 0. The number of rotatable bonds is 0. The van der Waals surface area contributed by atoms with Gasteiger partial charge in [0.05, 0.1) is 12.0 Å². The highest BCUT2D eigenvalue weighted by Gasteiger charge is 2.35. The molecule has 0 saturated carbocycles. The van der Waals surface area contributed by atoms with Crippen molar-refractivity contribution in [2.45, 2.75) is 12.0 Å². The minimum Gasteiger partial charge on any atom is -0.482 e. The molecule has 2 aliphatic rings. The molecule has 0 saturated heterocycles. The molecular weight excluding hydrogens is 234 g/mol. The number of hydrogen-bond acceptors (Lipinski definition) is 2. The van der Waals surface area contributed by atoms with Gasteiger partial charge in [-0.25, -0.2) is 0 Å². The van der Waals surface area contributed by atoms with Crippen LogP contribution in [0.2, 0.25) is 0 Å². The lowest BCUT2D eigenvalue weighted by atomic mass is 9.82. The Morgan fingerprint density at radius 1 is 1.11 bits per heavy atom. The second-order valence-electron chi connectivity index (χ2n) is 4.87. The third-order valence-corrected chi connectivity index (χ3v) is 3.74. The maximum absolute atomic E-state index is 5.95. The maximum Gasteiger partial charge on any atom is 0.172 e.